The van der Waals surface area contributed by atoms with Crippen LogP contribution in [0.25, 0.3) is 0 Å². The maximum Gasteiger partial charge on any atom is 0.460 e. The molecule has 28 heavy (non-hydrogen) atoms. The van der Waals surface area contributed by atoms with Crippen LogP contribution in [-0.4, -0.2) is 29.7 Å². The third kappa shape index (κ3) is 3.70. The quantitative estimate of drug-likeness (QED) is 0.577. The minimum absolute atomic E-state index is 0.0344. The molecule has 0 aromatic heterocycles. The smallest absolute Gasteiger partial charge is 0.359 e. The molecule has 156 valence electrons. The number of para-hydroxylation sites is 1. The number of alkyl halides is 9. The van der Waals surface area contributed by atoms with Crippen molar-refractivity contribution in [3.8, 4) is 0 Å². The van der Waals surface area contributed by atoms with Crippen molar-refractivity contribution >= 4 is 11.5 Å². The molecule has 0 fully saturated rings. The van der Waals surface area contributed by atoms with E-state index in [9.17, 15) is 44.3 Å². The fraction of sp³-hybridized carbons (Fsp3) is 0.471. The van der Waals surface area contributed by atoms with E-state index in [-0.39, 0.29) is 18.5 Å². The highest BCUT2D eigenvalue weighted by Gasteiger charge is 2.83. The van der Waals surface area contributed by atoms with Crippen molar-refractivity contribution in [1.29, 1.82) is 0 Å². The summed E-state index contributed by atoms with van der Waals surface area (Å²) in [5, 5.41) is 2.58. The van der Waals surface area contributed by atoms with Gasteiger partial charge in [-0.25, -0.2) is 0 Å². The van der Waals surface area contributed by atoms with Gasteiger partial charge in [-0.2, -0.15) is 39.5 Å². The Labute approximate surface area is 153 Å². The number of benzene rings is 1. The zero-order valence-corrected chi connectivity index (χ0v) is 14.0. The highest BCUT2D eigenvalue weighted by atomic mass is 19.4. The van der Waals surface area contributed by atoms with Gasteiger partial charge in [0, 0.05) is 17.0 Å². The second-order valence-electron chi connectivity index (χ2n) is 6.21. The topological polar surface area (TPSA) is 29.1 Å². The largest absolute Gasteiger partial charge is 0.460 e. The molecule has 1 aromatic carbocycles. The summed E-state index contributed by atoms with van der Waals surface area (Å²) < 4.78 is 118. The van der Waals surface area contributed by atoms with E-state index >= 15 is 0 Å². The number of carbonyl (C=O) groups excluding carboxylic acids is 1. The number of nitrogens with one attached hydrogen (secondary N) is 1. The van der Waals surface area contributed by atoms with Crippen LogP contribution >= 0.6 is 0 Å². The Kier molecular flexibility index (Phi) is 5.78. The van der Waals surface area contributed by atoms with Gasteiger partial charge in [0.05, 0.1) is 0 Å². The predicted molar refractivity (Wildman–Crippen MR) is 81.5 cm³/mol. The molecule has 0 atom stereocenters. The van der Waals surface area contributed by atoms with Gasteiger partial charge in [0.15, 0.2) is 0 Å². The molecular weight excluding hydrogens is 405 g/mol. The summed E-state index contributed by atoms with van der Waals surface area (Å²) in [7, 11) is 0. The van der Waals surface area contributed by atoms with Gasteiger partial charge in [0.2, 0.25) is 5.78 Å². The first kappa shape index (κ1) is 22.1. The van der Waals surface area contributed by atoms with Crippen LogP contribution in [0.2, 0.25) is 0 Å². The van der Waals surface area contributed by atoms with Gasteiger partial charge >= 0.3 is 23.9 Å². The van der Waals surface area contributed by atoms with E-state index in [4.69, 9.17) is 0 Å². The SMILES string of the molecule is O=C(C1=C(Nc2ccccc2)CCCC1)C(F)(F)C(F)(F)C(F)(F)C(F)(F)F. The number of allylic oxidation sites excluding steroid dienone is 2. The van der Waals surface area contributed by atoms with E-state index in [1.165, 1.54) is 12.1 Å². The van der Waals surface area contributed by atoms with Gasteiger partial charge in [0.1, 0.15) is 0 Å². The van der Waals surface area contributed by atoms with Crippen molar-refractivity contribution in [2.75, 3.05) is 5.32 Å². The number of hydrogen-bond donors (Lipinski definition) is 1. The number of anilines is 1. The van der Waals surface area contributed by atoms with Crippen LogP contribution in [0.1, 0.15) is 25.7 Å². The molecule has 1 aromatic rings. The first-order valence-corrected chi connectivity index (χ1v) is 8.02. The molecule has 0 saturated heterocycles. The van der Waals surface area contributed by atoms with E-state index in [1.54, 1.807) is 18.2 Å². The average Bonchev–Trinajstić information content (AvgIpc) is 2.61. The van der Waals surface area contributed by atoms with Crippen molar-refractivity contribution in [3.05, 3.63) is 41.6 Å². The van der Waals surface area contributed by atoms with Crippen molar-refractivity contribution in [2.45, 2.75) is 49.6 Å². The van der Waals surface area contributed by atoms with E-state index in [0.29, 0.717) is 12.1 Å². The Bertz CT molecular complexity index is 754. The minimum Gasteiger partial charge on any atom is -0.359 e. The van der Waals surface area contributed by atoms with E-state index in [1.807, 2.05) is 0 Å². The molecule has 1 aliphatic carbocycles. The lowest BCUT2D eigenvalue weighted by molar-refractivity contribution is -0.388. The van der Waals surface area contributed by atoms with Gasteiger partial charge in [-0.1, -0.05) is 18.2 Å². The van der Waals surface area contributed by atoms with Crippen molar-refractivity contribution in [2.24, 2.45) is 0 Å². The summed E-state index contributed by atoms with van der Waals surface area (Å²) in [5.41, 5.74) is -0.827. The van der Waals surface area contributed by atoms with E-state index in [0.717, 1.165) is 0 Å². The molecule has 1 aliphatic rings. The maximum atomic E-state index is 14.0. The van der Waals surface area contributed by atoms with Gasteiger partial charge in [-0.15, -0.1) is 0 Å². The summed E-state index contributed by atoms with van der Waals surface area (Å²) in [6.07, 6.45) is -6.97. The molecule has 0 unspecified atom stereocenters. The fourth-order valence-corrected chi connectivity index (χ4v) is 2.70. The van der Waals surface area contributed by atoms with E-state index in [2.05, 4.69) is 5.32 Å². The van der Waals surface area contributed by atoms with Gasteiger partial charge in [0.25, 0.3) is 0 Å². The number of hydrogen-bond acceptors (Lipinski definition) is 2. The van der Waals surface area contributed by atoms with Crippen LogP contribution in [0.4, 0.5) is 45.2 Å². The van der Waals surface area contributed by atoms with Crippen LogP contribution in [-0.2, 0) is 4.79 Å². The molecule has 2 nitrogen and oxygen atoms in total. The van der Waals surface area contributed by atoms with Crippen LogP contribution in [0.15, 0.2) is 41.6 Å². The predicted octanol–water partition coefficient (Wildman–Crippen LogP) is 5.96. The summed E-state index contributed by atoms with van der Waals surface area (Å²) in [5.74, 6) is -23.1. The van der Waals surface area contributed by atoms with Crippen LogP contribution < -0.4 is 5.32 Å². The highest BCUT2D eigenvalue weighted by molar-refractivity contribution is 6.02. The lowest BCUT2D eigenvalue weighted by atomic mass is 9.87. The number of Topliss-reactive ketones (excluding diaryl/α,β-unsaturated/α-hetero) is 1. The molecular formula is C17H14F9NO. The molecule has 0 radical (unpaired) electrons. The Hall–Kier alpha value is -2.20. The van der Waals surface area contributed by atoms with Crippen molar-refractivity contribution in [3.63, 3.8) is 0 Å². The Balaban J connectivity index is 2.45. The Morgan fingerprint density at radius 3 is 1.86 bits per heavy atom. The number of ketones is 1. The Morgan fingerprint density at radius 1 is 0.786 bits per heavy atom. The molecule has 0 saturated carbocycles. The molecule has 2 rings (SSSR count). The number of rotatable bonds is 6. The zero-order chi connectivity index (χ0) is 21.4. The first-order valence-electron chi connectivity index (χ1n) is 8.02. The molecule has 0 aliphatic heterocycles. The fourth-order valence-electron chi connectivity index (χ4n) is 2.70. The molecule has 0 bridgehead atoms. The molecule has 11 heteroatoms. The average molecular weight is 419 g/mol. The molecule has 1 N–H and O–H groups in total. The summed E-state index contributed by atoms with van der Waals surface area (Å²) in [6, 6.07) is 7.63. The normalized spacial score (nSPS) is 16.9. The summed E-state index contributed by atoms with van der Waals surface area (Å²) in [6.45, 7) is 0. The molecule has 0 spiro atoms. The highest BCUT2D eigenvalue weighted by Crippen LogP contribution is 2.54. The maximum absolute atomic E-state index is 14.0. The van der Waals surface area contributed by atoms with Gasteiger partial charge in [-0.3, -0.25) is 4.79 Å². The van der Waals surface area contributed by atoms with Crippen LogP contribution in [0, 0.1) is 0 Å². The number of carbonyl (C=O) groups is 1. The van der Waals surface area contributed by atoms with Crippen molar-refractivity contribution in [1.82, 2.24) is 0 Å². The lowest BCUT2D eigenvalue weighted by Gasteiger charge is -2.34. The monoisotopic (exact) mass is 419 g/mol. The van der Waals surface area contributed by atoms with E-state index < -0.39 is 41.7 Å². The second kappa shape index (κ2) is 7.32. The standard InChI is InChI=1S/C17H14F9NO/c18-14(19,15(20,21)16(22,23)17(24,25)26)13(28)11-8-4-5-9-12(11)27-10-6-2-1-3-7-10/h1-3,6-7,27H,4-5,8-9H2. The van der Waals surface area contributed by atoms with Gasteiger partial charge in [-0.05, 0) is 37.8 Å². The van der Waals surface area contributed by atoms with Gasteiger partial charge < -0.3 is 5.32 Å². The number of halogens is 9. The van der Waals surface area contributed by atoms with Crippen LogP contribution in [0.3, 0.4) is 0 Å². The third-order valence-electron chi connectivity index (χ3n) is 4.24. The molecule has 0 amide bonds. The first-order chi connectivity index (χ1) is 12.7. The van der Waals surface area contributed by atoms with Crippen molar-refractivity contribution < 1.29 is 44.3 Å². The molecule has 0 heterocycles. The summed E-state index contributed by atoms with van der Waals surface area (Å²) >= 11 is 0. The summed E-state index contributed by atoms with van der Waals surface area (Å²) in [4.78, 5) is 12.0. The third-order valence-corrected chi connectivity index (χ3v) is 4.24. The lowest BCUT2D eigenvalue weighted by Crippen LogP contribution is -2.63. The zero-order valence-electron chi connectivity index (χ0n) is 14.0. The second-order valence-corrected chi connectivity index (χ2v) is 6.21. The Morgan fingerprint density at radius 2 is 1.32 bits per heavy atom. The minimum atomic E-state index is -7.10. The van der Waals surface area contributed by atoms with Crippen LogP contribution in [0.5, 0.6) is 0 Å².